The van der Waals surface area contributed by atoms with Gasteiger partial charge < -0.3 is 89.7 Å². The summed E-state index contributed by atoms with van der Waals surface area (Å²) in [5.74, 6) is -2.45. The largest absolute Gasteiger partial charge is 0.508 e. The number of fused-ring (bicyclic) bond motifs is 1. The van der Waals surface area contributed by atoms with Crippen molar-refractivity contribution in [1.29, 1.82) is 0 Å². The number of aliphatic hydroxyl groups is 10. The van der Waals surface area contributed by atoms with Crippen molar-refractivity contribution in [2.24, 2.45) is 0 Å². The summed E-state index contributed by atoms with van der Waals surface area (Å²) >= 11 is 0. The highest BCUT2D eigenvalue weighted by Gasteiger charge is 2.53. The highest BCUT2D eigenvalue weighted by molar-refractivity contribution is 5.92. The molecule has 3 aromatic rings. The van der Waals surface area contributed by atoms with Gasteiger partial charge in [0.1, 0.15) is 108 Å². The van der Waals surface area contributed by atoms with Crippen LogP contribution in [0, 0.1) is 0 Å². The lowest BCUT2D eigenvalue weighted by Gasteiger charge is -2.46. The number of hydrogen-bond donors (Lipinski definition) is 13. The summed E-state index contributed by atoms with van der Waals surface area (Å²) in [6.45, 7) is -0.511. The van der Waals surface area contributed by atoms with Crippen LogP contribution in [0.5, 0.6) is 17.2 Å². The zero-order valence-corrected chi connectivity index (χ0v) is 27.2. The molecule has 0 bridgehead atoms. The standard InChI is InChI=1S/C33H40O19/c1-9-19(38)24(43)28(47)33(48-9)52-32-26(45)21(40)15(8-35)51-31(32)18-23(42)17(30-27(46)25(44)20(39)14(7-34)50-30)22(41)16-12(37)6-13(49-29(16)18)10-2-4-11(36)5-3-10/h2-6,9,14-15,19-21,24-28,30-36,38-47H,7-8H2,1H3/t9-,14+,15+,19-,20+,21+,24+,25-,26-,27+,28+,30-,31-,32+,33-/m0/s1. The van der Waals surface area contributed by atoms with Crippen LogP contribution in [0.3, 0.4) is 0 Å². The molecule has 3 fully saturated rings. The van der Waals surface area contributed by atoms with E-state index in [1.54, 1.807) is 0 Å². The van der Waals surface area contributed by atoms with Gasteiger partial charge in [0.25, 0.3) is 0 Å². The van der Waals surface area contributed by atoms with E-state index in [0.717, 1.165) is 6.07 Å². The molecule has 13 N–H and O–H groups in total. The van der Waals surface area contributed by atoms with Gasteiger partial charge in [-0.3, -0.25) is 4.79 Å². The number of phenolic OH excluding ortho intramolecular Hbond substituents is 3. The van der Waals surface area contributed by atoms with Crippen molar-refractivity contribution in [3.63, 3.8) is 0 Å². The number of aromatic hydroxyl groups is 3. The Morgan fingerprint density at radius 1 is 0.654 bits per heavy atom. The minimum absolute atomic E-state index is 0.135. The van der Waals surface area contributed by atoms with Gasteiger partial charge in [0.2, 0.25) is 0 Å². The van der Waals surface area contributed by atoms with Crippen LogP contribution in [0.4, 0.5) is 0 Å². The summed E-state index contributed by atoms with van der Waals surface area (Å²) in [6.07, 6.45) is -27.3. The Morgan fingerprint density at radius 3 is 1.85 bits per heavy atom. The summed E-state index contributed by atoms with van der Waals surface area (Å²) in [5.41, 5.74) is -2.81. The highest BCUT2D eigenvalue weighted by atomic mass is 16.7. The van der Waals surface area contributed by atoms with Crippen molar-refractivity contribution in [2.45, 2.75) is 98.7 Å². The van der Waals surface area contributed by atoms with Crippen LogP contribution in [-0.4, -0.2) is 159 Å². The maximum Gasteiger partial charge on any atom is 0.197 e. The predicted molar refractivity (Wildman–Crippen MR) is 170 cm³/mol. The first kappa shape index (κ1) is 38.2. The molecule has 0 amide bonds. The van der Waals surface area contributed by atoms with Crippen LogP contribution in [0.2, 0.25) is 0 Å². The van der Waals surface area contributed by atoms with Gasteiger partial charge in [0.15, 0.2) is 17.3 Å². The Labute approximate surface area is 292 Å². The van der Waals surface area contributed by atoms with Crippen LogP contribution >= 0.6 is 0 Å². The fourth-order valence-electron chi connectivity index (χ4n) is 6.80. The first-order valence-electron chi connectivity index (χ1n) is 16.2. The third-order valence-corrected chi connectivity index (χ3v) is 9.77. The van der Waals surface area contributed by atoms with Gasteiger partial charge in [-0.2, -0.15) is 0 Å². The summed E-state index contributed by atoms with van der Waals surface area (Å²) in [4.78, 5) is 13.9. The van der Waals surface area contributed by atoms with Crippen molar-refractivity contribution in [2.75, 3.05) is 13.2 Å². The van der Waals surface area contributed by atoms with Crippen LogP contribution in [0.1, 0.15) is 30.3 Å². The van der Waals surface area contributed by atoms with Gasteiger partial charge in [-0.15, -0.1) is 0 Å². The quantitative estimate of drug-likeness (QED) is 0.112. The molecule has 286 valence electrons. The van der Waals surface area contributed by atoms with Gasteiger partial charge in [0, 0.05) is 11.6 Å². The van der Waals surface area contributed by atoms with Gasteiger partial charge in [-0.1, -0.05) is 0 Å². The molecule has 0 saturated carbocycles. The van der Waals surface area contributed by atoms with Gasteiger partial charge in [0.05, 0.1) is 30.4 Å². The highest BCUT2D eigenvalue weighted by Crippen LogP contribution is 2.51. The molecule has 2 aromatic carbocycles. The Bertz CT molecular complexity index is 1800. The number of benzene rings is 2. The smallest absolute Gasteiger partial charge is 0.197 e. The summed E-state index contributed by atoms with van der Waals surface area (Å²) in [6, 6.07) is 6.23. The molecule has 0 spiro atoms. The van der Waals surface area contributed by atoms with Crippen LogP contribution in [-0.2, 0) is 18.9 Å². The number of hydrogen-bond acceptors (Lipinski definition) is 19. The van der Waals surface area contributed by atoms with Crippen LogP contribution in [0.15, 0.2) is 39.5 Å². The molecule has 1 aromatic heterocycles. The minimum Gasteiger partial charge on any atom is -0.508 e. The molecule has 19 nitrogen and oxygen atoms in total. The third-order valence-electron chi connectivity index (χ3n) is 9.77. The van der Waals surface area contributed by atoms with E-state index in [1.165, 1.54) is 31.2 Å². The molecular formula is C33H40O19. The first-order chi connectivity index (χ1) is 24.6. The molecule has 3 aliphatic rings. The average Bonchev–Trinajstić information content (AvgIpc) is 3.12. The minimum atomic E-state index is -2.11. The van der Waals surface area contributed by atoms with Gasteiger partial charge >= 0.3 is 0 Å². The molecule has 0 aliphatic carbocycles. The van der Waals surface area contributed by atoms with E-state index in [9.17, 15) is 71.2 Å². The van der Waals surface area contributed by atoms with Crippen LogP contribution in [0.25, 0.3) is 22.3 Å². The molecule has 0 unspecified atom stereocenters. The van der Waals surface area contributed by atoms with E-state index in [-0.39, 0.29) is 17.1 Å². The van der Waals surface area contributed by atoms with Gasteiger partial charge in [-0.25, -0.2) is 0 Å². The van der Waals surface area contributed by atoms with E-state index in [0.29, 0.717) is 0 Å². The fraction of sp³-hybridized carbons (Fsp3) is 0.545. The number of phenols is 3. The number of aliphatic hydroxyl groups excluding tert-OH is 10. The normalized spacial score (nSPS) is 38.4. The molecule has 0 radical (unpaired) electrons. The maximum absolute atomic E-state index is 13.9. The lowest BCUT2D eigenvalue weighted by Crippen LogP contribution is -2.61. The molecule has 15 atom stereocenters. The van der Waals surface area contributed by atoms with Crippen molar-refractivity contribution < 1.29 is 89.7 Å². The lowest BCUT2D eigenvalue weighted by atomic mass is 9.84. The molecule has 3 saturated heterocycles. The van der Waals surface area contributed by atoms with E-state index in [2.05, 4.69) is 0 Å². The predicted octanol–water partition coefficient (Wildman–Crippen LogP) is -3.54. The second-order valence-corrected chi connectivity index (χ2v) is 13.0. The lowest BCUT2D eigenvalue weighted by molar-refractivity contribution is -0.338. The monoisotopic (exact) mass is 740 g/mol. The third kappa shape index (κ3) is 6.41. The maximum atomic E-state index is 13.9. The molecule has 3 aliphatic heterocycles. The Hall–Kier alpha value is -3.51. The van der Waals surface area contributed by atoms with E-state index >= 15 is 0 Å². The van der Waals surface area contributed by atoms with Crippen molar-refractivity contribution in [3.05, 3.63) is 51.7 Å². The SMILES string of the molecule is C[C@@H]1O[C@@H](O[C@@H]2[C@@H](O)[C@H](O)[C@@H](CO)O[C@H]2c2c(O)c([C@@H]3O[C@H](CO)[C@@H](O)[C@H](O)[C@H]3O)c(O)c3c(=O)cc(-c4ccc(O)cc4)oc23)[C@H](O)[C@H](O)[C@H]1O. The van der Waals surface area contributed by atoms with Crippen molar-refractivity contribution in [3.8, 4) is 28.6 Å². The van der Waals surface area contributed by atoms with E-state index < -0.39 is 144 Å². The van der Waals surface area contributed by atoms with Crippen LogP contribution < -0.4 is 5.43 Å². The number of rotatable bonds is 7. The average molecular weight is 741 g/mol. The van der Waals surface area contributed by atoms with Gasteiger partial charge in [-0.05, 0) is 31.2 Å². The molecule has 19 heteroatoms. The molecule has 6 rings (SSSR count). The number of ether oxygens (including phenoxy) is 4. The van der Waals surface area contributed by atoms with Crippen molar-refractivity contribution >= 4 is 11.0 Å². The zero-order valence-electron chi connectivity index (χ0n) is 27.2. The van der Waals surface area contributed by atoms with E-state index in [1.807, 2.05) is 0 Å². The Balaban J connectivity index is 1.61. The zero-order chi connectivity index (χ0) is 37.9. The summed E-state index contributed by atoms with van der Waals surface area (Å²) in [5, 5.41) is 138. The van der Waals surface area contributed by atoms with E-state index in [4.69, 9.17) is 23.4 Å². The topological polar surface area (TPSA) is 330 Å². The fourth-order valence-corrected chi connectivity index (χ4v) is 6.80. The molecule has 4 heterocycles. The Kier molecular flexibility index (Phi) is 10.8. The summed E-state index contributed by atoms with van der Waals surface area (Å²) < 4.78 is 29.0. The Morgan fingerprint density at radius 2 is 1.23 bits per heavy atom. The molecular weight excluding hydrogens is 700 g/mol. The summed E-state index contributed by atoms with van der Waals surface area (Å²) in [7, 11) is 0. The second-order valence-electron chi connectivity index (χ2n) is 13.0. The van der Waals surface area contributed by atoms with Crippen molar-refractivity contribution in [1.82, 2.24) is 0 Å². The molecule has 52 heavy (non-hydrogen) atoms. The second kappa shape index (κ2) is 14.7. The first-order valence-corrected chi connectivity index (χ1v) is 16.2.